The van der Waals surface area contributed by atoms with Crippen LogP contribution in [0.5, 0.6) is 0 Å². The van der Waals surface area contributed by atoms with Crippen molar-refractivity contribution in [3.8, 4) is 0 Å². The third-order valence-corrected chi connectivity index (χ3v) is 5.66. The third-order valence-electron chi connectivity index (χ3n) is 4.73. The lowest BCUT2D eigenvalue weighted by Gasteiger charge is -2.48. The molecule has 2 amide bonds. The molecular weight excluding hydrogens is 334 g/mol. The topological polar surface area (TPSA) is 71.1 Å². The minimum Gasteiger partial charge on any atom is -0.352 e. The predicted molar refractivity (Wildman–Crippen MR) is 98.7 cm³/mol. The molecule has 0 unspecified atom stereocenters. The minimum absolute atomic E-state index is 0.0678. The van der Waals surface area contributed by atoms with E-state index >= 15 is 0 Å². The number of thiazole rings is 1. The summed E-state index contributed by atoms with van der Waals surface area (Å²) in [4.78, 5) is 28.7. The molecule has 1 saturated carbocycles. The minimum atomic E-state index is -0.178. The van der Waals surface area contributed by atoms with Crippen molar-refractivity contribution in [2.24, 2.45) is 0 Å². The molecule has 3 rings (SSSR count). The summed E-state index contributed by atoms with van der Waals surface area (Å²) >= 11 is 1.36. The van der Waals surface area contributed by atoms with E-state index < -0.39 is 0 Å². The normalized spacial score (nSPS) is 21.9. The van der Waals surface area contributed by atoms with E-state index in [1.807, 2.05) is 25.1 Å². The molecule has 0 saturated heterocycles. The second kappa shape index (κ2) is 7.19. The van der Waals surface area contributed by atoms with Gasteiger partial charge in [0.1, 0.15) is 4.88 Å². The molecule has 1 aromatic heterocycles. The van der Waals surface area contributed by atoms with E-state index in [1.165, 1.54) is 23.0 Å². The maximum Gasteiger partial charge on any atom is 0.263 e. The van der Waals surface area contributed by atoms with Crippen LogP contribution in [-0.2, 0) is 10.2 Å². The van der Waals surface area contributed by atoms with Crippen LogP contribution in [0.15, 0.2) is 48.5 Å². The Labute approximate surface area is 151 Å². The van der Waals surface area contributed by atoms with Gasteiger partial charge >= 0.3 is 0 Å². The van der Waals surface area contributed by atoms with Crippen molar-refractivity contribution < 1.29 is 9.59 Å². The average molecular weight is 355 g/mol. The Morgan fingerprint density at radius 1 is 1.36 bits per heavy atom. The number of hydrogen-bond acceptors (Lipinski definition) is 4. The lowest BCUT2D eigenvalue weighted by Crippen LogP contribution is -2.57. The van der Waals surface area contributed by atoms with E-state index in [4.69, 9.17) is 0 Å². The van der Waals surface area contributed by atoms with Crippen LogP contribution >= 0.6 is 11.3 Å². The largest absolute Gasteiger partial charge is 0.352 e. The summed E-state index contributed by atoms with van der Waals surface area (Å²) in [5, 5.41) is 5.99. The standard InChI is InChI=1S/C19H21N3O2S/c1-3-16(23)20-11-19(14-7-5-4-6-8-14)9-15(10-19)22-18(24)17-13(2)21-12-25-17/h3-8,12,15H,1,9-11H2,2H3,(H,20,23)(H,22,24). The molecule has 0 radical (unpaired) electrons. The maximum atomic E-state index is 12.4. The summed E-state index contributed by atoms with van der Waals surface area (Å²) in [7, 11) is 0. The van der Waals surface area contributed by atoms with Gasteiger partial charge in [0.15, 0.2) is 0 Å². The number of carbonyl (C=O) groups is 2. The van der Waals surface area contributed by atoms with E-state index in [9.17, 15) is 9.59 Å². The highest BCUT2D eigenvalue weighted by Crippen LogP contribution is 2.43. The van der Waals surface area contributed by atoms with Crippen LogP contribution in [0.3, 0.4) is 0 Å². The molecule has 6 heteroatoms. The maximum absolute atomic E-state index is 12.4. The van der Waals surface area contributed by atoms with Crippen LogP contribution in [0.1, 0.15) is 33.8 Å². The molecule has 5 nitrogen and oxygen atoms in total. The molecule has 0 bridgehead atoms. The smallest absolute Gasteiger partial charge is 0.263 e. The van der Waals surface area contributed by atoms with E-state index in [2.05, 4.69) is 34.3 Å². The van der Waals surface area contributed by atoms with E-state index in [1.54, 1.807) is 5.51 Å². The van der Waals surface area contributed by atoms with Crippen LogP contribution < -0.4 is 10.6 Å². The quantitative estimate of drug-likeness (QED) is 0.783. The number of benzene rings is 1. The van der Waals surface area contributed by atoms with Crippen LogP contribution in [-0.4, -0.2) is 29.4 Å². The molecular formula is C19H21N3O2S. The fraction of sp³-hybridized carbons (Fsp3) is 0.316. The molecule has 1 aliphatic rings. The molecule has 1 fully saturated rings. The van der Waals surface area contributed by atoms with Crippen LogP contribution in [0.25, 0.3) is 0 Å². The number of aryl methyl sites for hydroxylation is 1. The van der Waals surface area contributed by atoms with Gasteiger partial charge in [0.2, 0.25) is 5.91 Å². The van der Waals surface area contributed by atoms with Gasteiger partial charge in [0, 0.05) is 18.0 Å². The van der Waals surface area contributed by atoms with E-state index in [-0.39, 0.29) is 23.3 Å². The number of carbonyl (C=O) groups excluding carboxylic acids is 2. The zero-order valence-corrected chi connectivity index (χ0v) is 14.9. The van der Waals surface area contributed by atoms with Crippen molar-refractivity contribution in [2.45, 2.75) is 31.2 Å². The highest BCUT2D eigenvalue weighted by Gasteiger charge is 2.46. The van der Waals surface area contributed by atoms with Gasteiger partial charge < -0.3 is 10.6 Å². The first-order valence-electron chi connectivity index (χ1n) is 8.21. The number of nitrogens with zero attached hydrogens (tertiary/aromatic N) is 1. The average Bonchev–Trinajstić information content (AvgIpc) is 3.03. The second-order valence-corrected chi connectivity index (χ2v) is 7.27. The monoisotopic (exact) mass is 355 g/mol. The van der Waals surface area contributed by atoms with Crippen LogP contribution in [0, 0.1) is 6.92 Å². The van der Waals surface area contributed by atoms with Crippen LogP contribution in [0.4, 0.5) is 0 Å². The Kier molecular flexibility index (Phi) is 4.99. The fourth-order valence-corrected chi connectivity index (χ4v) is 4.06. The van der Waals surface area contributed by atoms with Crippen molar-refractivity contribution in [3.63, 3.8) is 0 Å². The summed E-state index contributed by atoms with van der Waals surface area (Å²) < 4.78 is 0. The van der Waals surface area contributed by atoms with Crippen molar-refractivity contribution in [2.75, 3.05) is 6.54 Å². The van der Waals surface area contributed by atoms with Gasteiger partial charge in [-0.2, -0.15) is 0 Å². The lowest BCUT2D eigenvalue weighted by molar-refractivity contribution is -0.117. The van der Waals surface area contributed by atoms with Crippen molar-refractivity contribution in [1.29, 1.82) is 0 Å². The van der Waals surface area contributed by atoms with Gasteiger partial charge in [-0.05, 0) is 31.4 Å². The molecule has 0 spiro atoms. The molecule has 130 valence electrons. The summed E-state index contributed by atoms with van der Waals surface area (Å²) in [6.07, 6.45) is 2.86. The van der Waals surface area contributed by atoms with E-state index in [0.29, 0.717) is 11.4 Å². The molecule has 1 aromatic carbocycles. The number of aromatic nitrogens is 1. The summed E-state index contributed by atoms with van der Waals surface area (Å²) in [5.74, 6) is -0.245. The molecule has 1 aliphatic carbocycles. The first kappa shape index (κ1) is 17.4. The van der Waals surface area contributed by atoms with Gasteiger partial charge in [0.25, 0.3) is 5.91 Å². The molecule has 0 aliphatic heterocycles. The Hall–Kier alpha value is -2.47. The molecule has 2 aromatic rings. The zero-order valence-electron chi connectivity index (χ0n) is 14.1. The Balaban J connectivity index is 1.68. The van der Waals surface area contributed by atoms with Crippen molar-refractivity contribution >= 4 is 23.2 Å². The van der Waals surface area contributed by atoms with Gasteiger partial charge in [-0.1, -0.05) is 36.9 Å². The Morgan fingerprint density at radius 3 is 2.68 bits per heavy atom. The summed E-state index contributed by atoms with van der Waals surface area (Å²) in [5.41, 5.74) is 3.47. The second-order valence-electron chi connectivity index (χ2n) is 6.41. The predicted octanol–water partition coefficient (Wildman–Crippen LogP) is 2.58. The number of nitrogens with one attached hydrogen (secondary N) is 2. The summed E-state index contributed by atoms with van der Waals surface area (Å²) in [6.45, 7) is 5.87. The van der Waals surface area contributed by atoms with Gasteiger partial charge in [-0.15, -0.1) is 11.3 Å². The van der Waals surface area contributed by atoms with Crippen molar-refractivity contribution in [1.82, 2.24) is 15.6 Å². The highest BCUT2D eigenvalue weighted by atomic mass is 32.1. The first-order chi connectivity index (χ1) is 12.0. The van der Waals surface area contributed by atoms with Gasteiger partial charge in [-0.25, -0.2) is 4.98 Å². The highest BCUT2D eigenvalue weighted by molar-refractivity contribution is 7.11. The fourth-order valence-electron chi connectivity index (χ4n) is 3.36. The summed E-state index contributed by atoms with van der Waals surface area (Å²) in [6, 6.07) is 10.2. The number of amides is 2. The van der Waals surface area contributed by atoms with E-state index in [0.717, 1.165) is 18.5 Å². The lowest BCUT2D eigenvalue weighted by atomic mass is 9.61. The molecule has 1 heterocycles. The Bertz CT molecular complexity index is 779. The van der Waals surface area contributed by atoms with Gasteiger partial charge in [0.05, 0.1) is 11.2 Å². The molecule has 0 atom stereocenters. The zero-order chi connectivity index (χ0) is 17.9. The third kappa shape index (κ3) is 3.64. The number of hydrogen-bond donors (Lipinski definition) is 2. The van der Waals surface area contributed by atoms with Crippen molar-refractivity contribution in [3.05, 3.63) is 64.6 Å². The first-order valence-corrected chi connectivity index (χ1v) is 9.09. The molecule has 25 heavy (non-hydrogen) atoms. The Morgan fingerprint density at radius 2 is 2.08 bits per heavy atom. The number of rotatable bonds is 6. The SMILES string of the molecule is C=CC(=O)NCC1(c2ccccc2)CC(NC(=O)c2scnc2C)C1. The van der Waals surface area contributed by atoms with Gasteiger partial charge in [-0.3, -0.25) is 9.59 Å². The van der Waals surface area contributed by atoms with Crippen LogP contribution in [0.2, 0.25) is 0 Å². The molecule has 2 N–H and O–H groups in total.